The number of hydrogen-bond donors (Lipinski definition) is 2. The van der Waals surface area contributed by atoms with Crippen LogP contribution in [0.15, 0.2) is 0 Å². The standard InChI is InChI=1S/C12H20N2O/c1-10-3-5-11(7-10,8-13)12(15)4-2-6-14-9-12/h10,14-15H,2-7,9H2,1H3. The number of nitrogens with one attached hydrogen (secondary N) is 1. The van der Waals surface area contributed by atoms with E-state index in [1.165, 1.54) is 0 Å². The van der Waals surface area contributed by atoms with Crippen LogP contribution in [0.2, 0.25) is 0 Å². The summed E-state index contributed by atoms with van der Waals surface area (Å²) in [5.74, 6) is 0.579. The molecule has 2 fully saturated rings. The van der Waals surface area contributed by atoms with E-state index in [4.69, 9.17) is 0 Å². The number of piperidine rings is 1. The van der Waals surface area contributed by atoms with Crippen LogP contribution in [0, 0.1) is 22.7 Å². The first-order chi connectivity index (χ1) is 7.12. The molecule has 15 heavy (non-hydrogen) atoms. The van der Waals surface area contributed by atoms with Crippen LogP contribution in [0.4, 0.5) is 0 Å². The van der Waals surface area contributed by atoms with Gasteiger partial charge in [-0.15, -0.1) is 0 Å². The maximum atomic E-state index is 10.7. The van der Waals surface area contributed by atoms with Gasteiger partial charge in [-0.2, -0.15) is 5.26 Å². The molecule has 3 unspecified atom stereocenters. The molecule has 1 heterocycles. The van der Waals surface area contributed by atoms with Gasteiger partial charge >= 0.3 is 0 Å². The summed E-state index contributed by atoms with van der Waals surface area (Å²) in [6, 6.07) is 2.43. The van der Waals surface area contributed by atoms with Gasteiger partial charge in [-0.1, -0.05) is 6.92 Å². The summed E-state index contributed by atoms with van der Waals surface area (Å²) >= 11 is 0. The molecule has 2 rings (SSSR count). The highest BCUT2D eigenvalue weighted by atomic mass is 16.3. The Labute approximate surface area is 91.5 Å². The SMILES string of the molecule is CC1CCC(C#N)(C2(O)CCCNC2)C1. The van der Waals surface area contributed by atoms with Crippen molar-refractivity contribution in [1.82, 2.24) is 5.32 Å². The summed E-state index contributed by atoms with van der Waals surface area (Å²) in [5.41, 5.74) is -1.27. The number of nitrogens with zero attached hydrogens (tertiary/aromatic N) is 1. The van der Waals surface area contributed by atoms with Gasteiger partial charge in [0, 0.05) is 6.54 Å². The molecule has 1 aliphatic heterocycles. The Morgan fingerprint density at radius 2 is 2.27 bits per heavy atom. The number of hydrogen-bond acceptors (Lipinski definition) is 3. The third kappa shape index (κ3) is 1.66. The first-order valence-corrected chi connectivity index (χ1v) is 5.96. The van der Waals surface area contributed by atoms with E-state index in [9.17, 15) is 10.4 Å². The van der Waals surface area contributed by atoms with Crippen LogP contribution in [0.25, 0.3) is 0 Å². The summed E-state index contributed by atoms with van der Waals surface area (Å²) in [6.07, 6.45) is 4.56. The van der Waals surface area contributed by atoms with Crippen LogP contribution >= 0.6 is 0 Å². The van der Waals surface area contributed by atoms with Crippen molar-refractivity contribution < 1.29 is 5.11 Å². The van der Waals surface area contributed by atoms with Crippen molar-refractivity contribution in [2.45, 2.75) is 44.6 Å². The Morgan fingerprint density at radius 3 is 2.73 bits per heavy atom. The molecule has 1 saturated heterocycles. The third-order valence-corrected chi connectivity index (χ3v) is 4.23. The first-order valence-electron chi connectivity index (χ1n) is 5.96. The highest BCUT2D eigenvalue weighted by Crippen LogP contribution is 2.50. The van der Waals surface area contributed by atoms with Gasteiger partial charge in [0.25, 0.3) is 0 Å². The van der Waals surface area contributed by atoms with E-state index in [1.807, 2.05) is 0 Å². The van der Waals surface area contributed by atoms with Gasteiger partial charge in [-0.3, -0.25) is 0 Å². The second-order valence-electron chi connectivity index (χ2n) is 5.35. The summed E-state index contributed by atoms with van der Waals surface area (Å²) in [4.78, 5) is 0. The van der Waals surface area contributed by atoms with Crippen molar-refractivity contribution in [2.24, 2.45) is 11.3 Å². The number of rotatable bonds is 1. The Hall–Kier alpha value is -0.590. The number of nitriles is 1. The quantitative estimate of drug-likeness (QED) is 0.685. The van der Waals surface area contributed by atoms with E-state index < -0.39 is 11.0 Å². The average molecular weight is 208 g/mol. The van der Waals surface area contributed by atoms with E-state index in [1.54, 1.807) is 0 Å². The van der Waals surface area contributed by atoms with E-state index in [2.05, 4.69) is 18.3 Å². The summed E-state index contributed by atoms with van der Waals surface area (Å²) in [5, 5.41) is 23.3. The fourth-order valence-electron chi connectivity index (χ4n) is 3.22. The number of β-amino-alcohol motifs (C(OH)–C–C–N with tert-alkyl or cyclic N) is 1. The van der Waals surface area contributed by atoms with E-state index in [0.717, 1.165) is 38.6 Å². The van der Waals surface area contributed by atoms with Gasteiger partial charge in [0.15, 0.2) is 0 Å². The molecule has 3 heteroatoms. The molecular formula is C12H20N2O. The molecule has 3 nitrogen and oxygen atoms in total. The maximum Gasteiger partial charge on any atom is 0.0957 e. The topological polar surface area (TPSA) is 56.0 Å². The van der Waals surface area contributed by atoms with Crippen LogP contribution in [0.5, 0.6) is 0 Å². The van der Waals surface area contributed by atoms with Crippen molar-refractivity contribution in [1.29, 1.82) is 5.26 Å². The minimum atomic E-state index is -0.787. The molecule has 0 spiro atoms. The fourth-order valence-corrected chi connectivity index (χ4v) is 3.22. The molecule has 0 radical (unpaired) electrons. The van der Waals surface area contributed by atoms with Crippen molar-refractivity contribution in [3.05, 3.63) is 0 Å². The summed E-state index contributed by atoms with van der Waals surface area (Å²) in [7, 11) is 0. The molecule has 0 aromatic carbocycles. The summed E-state index contributed by atoms with van der Waals surface area (Å²) in [6.45, 7) is 3.74. The second-order valence-corrected chi connectivity index (χ2v) is 5.35. The smallest absolute Gasteiger partial charge is 0.0957 e. The minimum Gasteiger partial charge on any atom is -0.387 e. The zero-order chi connectivity index (χ0) is 10.9. The largest absolute Gasteiger partial charge is 0.387 e. The third-order valence-electron chi connectivity index (χ3n) is 4.23. The Kier molecular flexibility index (Phi) is 2.74. The molecule has 0 aromatic rings. The van der Waals surface area contributed by atoms with E-state index in [-0.39, 0.29) is 0 Å². The van der Waals surface area contributed by atoms with Gasteiger partial charge in [0.2, 0.25) is 0 Å². The molecule has 1 saturated carbocycles. The average Bonchev–Trinajstić information content (AvgIpc) is 2.63. The lowest BCUT2D eigenvalue weighted by molar-refractivity contribution is -0.0704. The second kappa shape index (κ2) is 3.77. The highest BCUT2D eigenvalue weighted by Gasteiger charge is 2.54. The number of aliphatic hydroxyl groups is 1. The zero-order valence-corrected chi connectivity index (χ0v) is 9.42. The van der Waals surface area contributed by atoms with Crippen LogP contribution < -0.4 is 5.32 Å². The molecule has 84 valence electrons. The molecule has 2 aliphatic rings. The Bertz CT molecular complexity index is 278. The first kappa shape index (κ1) is 10.9. The normalized spacial score (nSPS) is 46.3. The van der Waals surface area contributed by atoms with Gasteiger partial charge < -0.3 is 10.4 Å². The lowest BCUT2D eigenvalue weighted by Crippen LogP contribution is -2.56. The van der Waals surface area contributed by atoms with Crippen LogP contribution in [0.1, 0.15) is 39.0 Å². The van der Waals surface area contributed by atoms with E-state index >= 15 is 0 Å². The molecule has 1 aliphatic carbocycles. The van der Waals surface area contributed by atoms with Crippen molar-refractivity contribution in [3.8, 4) is 6.07 Å². The molecule has 0 aromatic heterocycles. The monoisotopic (exact) mass is 208 g/mol. The summed E-state index contributed by atoms with van der Waals surface area (Å²) < 4.78 is 0. The molecule has 0 amide bonds. The van der Waals surface area contributed by atoms with Crippen molar-refractivity contribution in [3.63, 3.8) is 0 Å². The zero-order valence-electron chi connectivity index (χ0n) is 9.42. The van der Waals surface area contributed by atoms with Gasteiger partial charge in [-0.25, -0.2) is 0 Å². The molecule has 2 N–H and O–H groups in total. The minimum absolute atomic E-state index is 0.486. The molecule has 3 atom stereocenters. The lowest BCUT2D eigenvalue weighted by Gasteiger charge is -2.43. The van der Waals surface area contributed by atoms with Crippen LogP contribution in [-0.4, -0.2) is 23.8 Å². The van der Waals surface area contributed by atoms with Crippen LogP contribution in [0.3, 0.4) is 0 Å². The van der Waals surface area contributed by atoms with Gasteiger partial charge in [0.05, 0.1) is 17.1 Å². The van der Waals surface area contributed by atoms with Gasteiger partial charge in [0.1, 0.15) is 0 Å². The molecule has 0 bridgehead atoms. The van der Waals surface area contributed by atoms with Crippen LogP contribution in [-0.2, 0) is 0 Å². The fraction of sp³-hybridized carbons (Fsp3) is 0.917. The Morgan fingerprint density at radius 1 is 1.47 bits per heavy atom. The Balaban J connectivity index is 2.22. The maximum absolute atomic E-state index is 10.7. The van der Waals surface area contributed by atoms with Gasteiger partial charge in [-0.05, 0) is 44.6 Å². The van der Waals surface area contributed by atoms with E-state index in [0.29, 0.717) is 12.5 Å². The van der Waals surface area contributed by atoms with Crippen molar-refractivity contribution in [2.75, 3.05) is 13.1 Å². The highest BCUT2D eigenvalue weighted by molar-refractivity contribution is 5.16. The molecular weight excluding hydrogens is 188 g/mol. The van der Waals surface area contributed by atoms with Crippen molar-refractivity contribution >= 4 is 0 Å². The predicted octanol–water partition coefficient (Wildman–Crippen LogP) is 1.43. The lowest BCUT2D eigenvalue weighted by atomic mass is 9.67. The predicted molar refractivity (Wildman–Crippen MR) is 58.1 cm³/mol.